The molecule has 0 aliphatic carbocycles. The van der Waals surface area contributed by atoms with Crippen molar-refractivity contribution in [3.8, 4) is 0 Å². The number of aliphatic hydroxyl groups excluding tert-OH is 2. The lowest BCUT2D eigenvalue weighted by Crippen LogP contribution is -2.36. The van der Waals surface area contributed by atoms with Crippen LogP contribution in [0.3, 0.4) is 0 Å². The van der Waals surface area contributed by atoms with Gasteiger partial charge in [-0.1, -0.05) is 0 Å². The van der Waals surface area contributed by atoms with Gasteiger partial charge in [0.15, 0.2) is 12.4 Å². The standard InChI is InChI=1S/C10H13FN2O5/c1-4(14)8-7(16)6(11)9(18-8)13-3-2-5(15)12-10(13)17/h2-4,6-9,14,16H,1H3,(H,12,15,17)/t4-,6+,7-,8+,9+/m0/s1. The third-order valence-electron chi connectivity index (χ3n) is 2.83. The second-order valence-electron chi connectivity index (χ2n) is 4.18. The lowest BCUT2D eigenvalue weighted by atomic mass is 10.1. The predicted octanol–water partition coefficient (Wildman–Crippen LogP) is -1.49. The first kappa shape index (κ1) is 12.9. The van der Waals surface area contributed by atoms with Crippen LogP contribution in [0, 0.1) is 0 Å². The van der Waals surface area contributed by atoms with Crippen LogP contribution in [-0.2, 0) is 4.74 Å². The number of nitrogens with zero attached hydrogens (tertiary/aromatic N) is 1. The smallest absolute Gasteiger partial charge is 0.330 e. The minimum absolute atomic E-state index is 0.614. The van der Waals surface area contributed by atoms with E-state index >= 15 is 0 Å². The third kappa shape index (κ3) is 2.09. The van der Waals surface area contributed by atoms with Crippen LogP contribution in [0.15, 0.2) is 21.9 Å². The number of ether oxygens (including phenoxy) is 1. The van der Waals surface area contributed by atoms with Crippen molar-refractivity contribution in [2.75, 3.05) is 0 Å². The average molecular weight is 260 g/mol. The minimum atomic E-state index is -1.87. The zero-order valence-corrected chi connectivity index (χ0v) is 9.49. The van der Waals surface area contributed by atoms with E-state index in [2.05, 4.69) is 0 Å². The lowest BCUT2D eigenvalue weighted by molar-refractivity contribution is -0.0784. The van der Waals surface area contributed by atoms with Crippen LogP contribution in [0.2, 0.25) is 0 Å². The number of aromatic nitrogens is 2. The summed E-state index contributed by atoms with van der Waals surface area (Å²) in [5, 5.41) is 18.9. The minimum Gasteiger partial charge on any atom is -0.391 e. The summed E-state index contributed by atoms with van der Waals surface area (Å²) in [4.78, 5) is 24.3. The Labute approximate surface area is 100 Å². The Morgan fingerprint density at radius 3 is 2.72 bits per heavy atom. The molecule has 18 heavy (non-hydrogen) atoms. The molecule has 1 saturated heterocycles. The molecule has 1 fully saturated rings. The van der Waals surface area contributed by atoms with Gasteiger partial charge in [0.1, 0.15) is 12.2 Å². The maximum atomic E-state index is 13.8. The molecule has 1 aliphatic rings. The third-order valence-corrected chi connectivity index (χ3v) is 2.83. The molecule has 1 aromatic heterocycles. The summed E-state index contributed by atoms with van der Waals surface area (Å²) in [6, 6.07) is 1.04. The molecular weight excluding hydrogens is 247 g/mol. The highest BCUT2D eigenvalue weighted by Gasteiger charge is 2.47. The van der Waals surface area contributed by atoms with Crippen LogP contribution >= 0.6 is 0 Å². The lowest BCUT2D eigenvalue weighted by Gasteiger charge is -2.17. The molecule has 0 bridgehead atoms. The summed E-state index contributed by atoms with van der Waals surface area (Å²) in [6.07, 6.45) is -5.90. The molecule has 3 N–H and O–H groups in total. The van der Waals surface area contributed by atoms with Crippen molar-refractivity contribution in [3.05, 3.63) is 33.1 Å². The highest BCUT2D eigenvalue weighted by Crippen LogP contribution is 2.32. The van der Waals surface area contributed by atoms with Crippen molar-refractivity contribution < 1.29 is 19.3 Å². The van der Waals surface area contributed by atoms with E-state index in [1.807, 2.05) is 4.98 Å². The number of aromatic amines is 1. The molecule has 0 unspecified atom stereocenters. The molecule has 0 aromatic carbocycles. The van der Waals surface area contributed by atoms with Crippen LogP contribution in [0.4, 0.5) is 4.39 Å². The predicted molar refractivity (Wildman–Crippen MR) is 57.8 cm³/mol. The van der Waals surface area contributed by atoms with Gasteiger partial charge in [-0.2, -0.15) is 0 Å². The summed E-state index contributed by atoms with van der Waals surface area (Å²) in [6.45, 7) is 1.35. The molecular formula is C10H13FN2O5. The van der Waals surface area contributed by atoms with E-state index in [0.717, 1.165) is 16.8 Å². The molecule has 0 amide bonds. The normalized spacial score (nSPS) is 33.6. The fourth-order valence-corrected chi connectivity index (χ4v) is 1.91. The van der Waals surface area contributed by atoms with Crippen LogP contribution in [0.25, 0.3) is 0 Å². The number of H-pyrrole nitrogens is 1. The maximum Gasteiger partial charge on any atom is 0.330 e. The summed E-state index contributed by atoms with van der Waals surface area (Å²) in [5.41, 5.74) is -1.45. The first-order chi connectivity index (χ1) is 8.41. The van der Waals surface area contributed by atoms with Crippen molar-refractivity contribution in [2.24, 2.45) is 0 Å². The number of rotatable bonds is 2. The van der Waals surface area contributed by atoms with Crippen molar-refractivity contribution in [2.45, 2.75) is 37.6 Å². The quantitative estimate of drug-likeness (QED) is 0.601. The van der Waals surface area contributed by atoms with Gasteiger partial charge < -0.3 is 14.9 Å². The van der Waals surface area contributed by atoms with Gasteiger partial charge >= 0.3 is 5.69 Å². The van der Waals surface area contributed by atoms with E-state index < -0.39 is 42.0 Å². The van der Waals surface area contributed by atoms with E-state index in [9.17, 15) is 24.2 Å². The summed E-state index contributed by atoms with van der Waals surface area (Å²) >= 11 is 0. The van der Waals surface area contributed by atoms with Gasteiger partial charge in [-0.15, -0.1) is 0 Å². The molecule has 0 radical (unpaired) electrons. The number of hydrogen-bond acceptors (Lipinski definition) is 5. The van der Waals surface area contributed by atoms with Gasteiger partial charge in [-0.05, 0) is 6.92 Å². The largest absolute Gasteiger partial charge is 0.391 e. The van der Waals surface area contributed by atoms with Gasteiger partial charge in [0, 0.05) is 12.3 Å². The first-order valence-corrected chi connectivity index (χ1v) is 5.39. The van der Waals surface area contributed by atoms with Crippen LogP contribution in [0.5, 0.6) is 0 Å². The summed E-state index contributed by atoms with van der Waals surface area (Å²) in [5.74, 6) is 0. The molecule has 5 atom stereocenters. The Kier molecular flexibility index (Phi) is 3.33. The van der Waals surface area contributed by atoms with E-state index in [1.165, 1.54) is 6.92 Å². The fourth-order valence-electron chi connectivity index (χ4n) is 1.91. The fraction of sp³-hybridized carbons (Fsp3) is 0.600. The molecule has 100 valence electrons. The highest BCUT2D eigenvalue weighted by molar-refractivity contribution is 4.94. The second-order valence-corrected chi connectivity index (χ2v) is 4.18. The average Bonchev–Trinajstić information content (AvgIpc) is 2.57. The van der Waals surface area contributed by atoms with E-state index in [0.29, 0.717) is 0 Å². The zero-order chi connectivity index (χ0) is 13.4. The molecule has 1 aliphatic heterocycles. The SMILES string of the molecule is C[C@H](O)[C@H]1O[C@@H](n2ccc(=O)[nH]c2=O)[C@H](F)[C@@H]1O. The Balaban J connectivity index is 2.35. The van der Waals surface area contributed by atoms with Gasteiger partial charge in [-0.25, -0.2) is 9.18 Å². The topological polar surface area (TPSA) is 105 Å². The van der Waals surface area contributed by atoms with Crippen LogP contribution < -0.4 is 11.2 Å². The van der Waals surface area contributed by atoms with Gasteiger partial charge in [0.05, 0.1) is 6.10 Å². The number of nitrogens with one attached hydrogen (secondary N) is 1. The van der Waals surface area contributed by atoms with Gasteiger partial charge in [0.2, 0.25) is 0 Å². The van der Waals surface area contributed by atoms with E-state index in [-0.39, 0.29) is 0 Å². The molecule has 8 heteroatoms. The number of alkyl halides is 1. The molecule has 1 aromatic rings. The Morgan fingerprint density at radius 1 is 1.56 bits per heavy atom. The molecule has 0 spiro atoms. The van der Waals surface area contributed by atoms with Crippen molar-refractivity contribution >= 4 is 0 Å². The Morgan fingerprint density at radius 2 is 2.22 bits per heavy atom. The zero-order valence-electron chi connectivity index (χ0n) is 9.49. The van der Waals surface area contributed by atoms with Crippen LogP contribution in [-0.4, -0.2) is 44.2 Å². The summed E-state index contributed by atoms with van der Waals surface area (Å²) < 4.78 is 19.8. The monoisotopic (exact) mass is 260 g/mol. The van der Waals surface area contributed by atoms with Crippen molar-refractivity contribution in [3.63, 3.8) is 0 Å². The molecule has 7 nitrogen and oxygen atoms in total. The first-order valence-electron chi connectivity index (χ1n) is 5.39. The van der Waals surface area contributed by atoms with Crippen molar-refractivity contribution in [1.82, 2.24) is 9.55 Å². The summed E-state index contributed by atoms with van der Waals surface area (Å²) in [7, 11) is 0. The van der Waals surface area contributed by atoms with Crippen molar-refractivity contribution in [1.29, 1.82) is 0 Å². The Hall–Kier alpha value is -1.51. The molecule has 2 rings (SSSR count). The van der Waals surface area contributed by atoms with Gasteiger partial charge in [0.25, 0.3) is 5.56 Å². The second kappa shape index (κ2) is 4.63. The van der Waals surface area contributed by atoms with E-state index in [1.54, 1.807) is 0 Å². The number of halogens is 1. The molecule has 0 saturated carbocycles. The van der Waals surface area contributed by atoms with Crippen LogP contribution in [0.1, 0.15) is 13.2 Å². The van der Waals surface area contributed by atoms with Gasteiger partial charge in [-0.3, -0.25) is 14.3 Å². The molecule has 2 heterocycles. The Bertz CT molecular complexity index is 540. The maximum absolute atomic E-state index is 13.8. The van der Waals surface area contributed by atoms with E-state index in [4.69, 9.17) is 4.74 Å². The number of hydrogen-bond donors (Lipinski definition) is 3. The number of aliphatic hydroxyl groups is 2. The highest BCUT2D eigenvalue weighted by atomic mass is 19.1.